The van der Waals surface area contributed by atoms with Gasteiger partial charge in [-0.2, -0.15) is 0 Å². The van der Waals surface area contributed by atoms with E-state index in [9.17, 15) is 9.90 Å². The molecule has 0 spiro atoms. The lowest BCUT2D eigenvalue weighted by atomic mass is 10.0. The molecule has 1 heterocycles. The summed E-state index contributed by atoms with van der Waals surface area (Å²) in [6.45, 7) is 0.395. The number of aliphatic hydroxyl groups excluding tert-OH is 1. The lowest BCUT2D eigenvalue weighted by Gasteiger charge is -2.17. The van der Waals surface area contributed by atoms with E-state index in [1.54, 1.807) is 11.3 Å². The molecule has 0 aromatic carbocycles. The standard InChI is InChI=1S/C15H21NO2S/c17-12(10-4-1-2-5-10)9-16-15(18)14-8-11-6-3-7-13(11)19-14/h8,10,12,17H,1-7,9H2,(H,16,18). The normalized spacial score (nSPS) is 20.5. The topological polar surface area (TPSA) is 49.3 Å². The quantitative estimate of drug-likeness (QED) is 0.889. The van der Waals surface area contributed by atoms with Crippen LogP contribution in [0.2, 0.25) is 0 Å². The van der Waals surface area contributed by atoms with Gasteiger partial charge in [-0.15, -0.1) is 11.3 Å². The first kappa shape index (κ1) is 13.1. The molecule has 2 aliphatic rings. The molecule has 1 atom stereocenters. The van der Waals surface area contributed by atoms with E-state index in [2.05, 4.69) is 5.32 Å². The third kappa shape index (κ3) is 2.84. The minimum Gasteiger partial charge on any atom is -0.391 e. The van der Waals surface area contributed by atoms with Gasteiger partial charge in [0.15, 0.2) is 0 Å². The van der Waals surface area contributed by atoms with Gasteiger partial charge in [-0.3, -0.25) is 4.79 Å². The summed E-state index contributed by atoms with van der Waals surface area (Å²) >= 11 is 1.62. The van der Waals surface area contributed by atoms with Crippen molar-refractivity contribution in [1.29, 1.82) is 0 Å². The Morgan fingerprint density at radius 3 is 2.89 bits per heavy atom. The van der Waals surface area contributed by atoms with Crippen molar-refractivity contribution in [2.24, 2.45) is 5.92 Å². The molecule has 2 N–H and O–H groups in total. The molecule has 2 aliphatic carbocycles. The van der Waals surface area contributed by atoms with Gasteiger partial charge >= 0.3 is 0 Å². The average Bonchev–Trinajstić information content (AvgIpc) is 3.09. The summed E-state index contributed by atoms with van der Waals surface area (Å²) in [6.07, 6.45) is 7.72. The number of hydrogen-bond donors (Lipinski definition) is 2. The summed E-state index contributed by atoms with van der Waals surface area (Å²) in [5, 5.41) is 12.9. The fourth-order valence-corrected chi connectivity index (χ4v) is 4.40. The van der Waals surface area contributed by atoms with Crippen molar-refractivity contribution in [3.63, 3.8) is 0 Å². The lowest BCUT2D eigenvalue weighted by Crippen LogP contribution is -2.35. The zero-order valence-corrected chi connectivity index (χ0v) is 12.0. The van der Waals surface area contributed by atoms with Crippen LogP contribution in [0.25, 0.3) is 0 Å². The summed E-state index contributed by atoms with van der Waals surface area (Å²) in [4.78, 5) is 14.2. The number of carbonyl (C=O) groups is 1. The monoisotopic (exact) mass is 279 g/mol. The van der Waals surface area contributed by atoms with Crippen LogP contribution >= 0.6 is 11.3 Å². The summed E-state index contributed by atoms with van der Waals surface area (Å²) < 4.78 is 0. The number of fused-ring (bicyclic) bond motifs is 1. The van der Waals surface area contributed by atoms with Crippen molar-refractivity contribution >= 4 is 17.2 Å². The highest BCUT2D eigenvalue weighted by molar-refractivity contribution is 7.14. The zero-order chi connectivity index (χ0) is 13.2. The van der Waals surface area contributed by atoms with Crippen molar-refractivity contribution in [3.05, 3.63) is 21.4 Å². The number of thiophene rings is 1. The second-order valence-electron chi connectivity index (χ2n) is 5.73. The molecule has 1 unspecified atom stereocenters. The summed E-state index contributed by atoms with van der Waals surface area (Å²) in [5.41, 5.74) is 1.35. The number of nitrogens with one attached hydrogen (secondary N) is 1. The van der Waals surface area contributed by atoms with Gasteiger partial charge in [0.05, 0.1) is 11.0 Å². The molecule has 104 valence electrons. The van der Waals surface area contributed by atoms with Crippen LogP contribution in [0.15, 0.2) is 6.07 Å². The van der Waals surface area contributed by atoms with E-state index in [1.165, 1.54) is 29.7 Å². The Labute approximate surface area is 118 Å². The van der Waals surface area contributed by atoms with Crippen LogP contribution in [-0.2, 0) is 12.8 Å². The van der Waals surface area contributed by atoms with Crippen LogP contribution in [-0.4, -0.2) is 23.7 Å². The van der Waals surface area contributed by atoms with Gasteiger partial charge in [0.1, 0.15) is 0 Å². The van der Waals surface area contributed by atoms with E-state index >= 15 is 0 Å². The summed E-state index contributed by atoms with van der Waals surface area (Å²) in [7, 11) is 0. The van der Waals surface area contributed by atoms with Crippen LogP contribution in [0.5, 0.6) is 0 Å². The molecule has 1 saturated carbocycles. The Kier molecular flexibility index (Phi) is 3.89. The minimum absolute atomic E-state index is 0.0172. The lowest BCUT2D eigenvalue weighted by molar-refractivity contribution is 0.0844. The summed E-state index contributed by atoms with van der Waals surface area (Å²) in [5.74, 6) is 0.366. The van der Waals surface area contributed by atoms with Crippen molar-refractivity contribution in [3.8, 4) is 0 Å². The Morgan fingerprint density at radius 2 is 2.16 bits per heavy atom. The Morgan fingerprint density at radius 1 is 1.37 bits per heavy atom. The van der Waals surface area contributed by atoms with Gasteiger partial charge in [0.2, 0.25) is 0 Å². The van der Waals surface area contributed by atoms with Crippen molar-refractivity contribution in [2.75, 3.05) is 6.54 Å². The maximum atomic E-state index is 12.1. The Balaban J connectivity index is 1.53. The van der Waals surface area contributed by atoms with Crippen LogP contribution in [0.1, 0.15) is 52.2 Å². The molecule has 1 amide bonds. The van der Waals surface area contributed by atoms with Crippen LogP contribution < -0.4 is 5.32 Å². The van der Waals surface area contributed by atoms with Gasteiger partial charge in [0.25, 0.3) is 5.91 Å². The minimum atomic E-state index is -0.377. The Hall–Kier alpha value is -0.870. The number of carbonyl (C=O) groups excluding carboxylic acids is 1. The van der Waals surface area contributed by atoms with Crippen LogP contribution in [0, 0.1) is 5.92 Å². The van der Waals surface area contributed by atoms with E-state index in [1.807, 2.05) is 6.07 Å². The van der Waals surface area contributed by atoms with E-state index in [0.717, 1.165) is 30.6 Å². The molecule has 0 radical (unpaired) electrons. The van der Waals surface area contributed by atoms with Crippen LogP contribution in [0.4, 0.5) is 0 Å². The SMILES string of the molecule is O=C(NCC(O)C1CCCC1)c1cc2c(s1)CCC2. The molecule has 0 saturated heterocycles. The zero-order valence-electron chi connectivity index (χ0n) is 11.2. The number of aryl methyl sites for hydroxylation is 2. The molecule has 1 aromatic heterocycles. The molecule has 1 fully saturated rings. The molecule has 0 aliphatic heterocycles. The number of hydrogen-bond acceptors (Lipinski definition) is 3. The first-order chi connectivity index (χ1) is 9.24. The van der Waals surface area contributed by atoms with E-state index < -0.39 is 0 Å². The first-order valence-corrected chi connectivity index (χ1v) is 8.13. The number of rotatable bonds is 4. The highest BCUT2D eigenvalue weighted by atomic mass is 32.1. The first-order valence-electron chi connectivity index (χ1n) is 7.32. The van der Waals surface area contributed by atoms with Crippen molar-refractivity contribution in [2.45, 2.75) is 51.0 Å². The molecular formula is C15H21NO2S. The van der Waals surface area contributed by atoms with Crippen molar-refractivity contribution in [1.82, 2.24) is 5.32 Å². The maximum Gasteiger partial charge on any atom is 0.261 e. The Bertz CT molecular complexity index is 441. The van der Waals surface area contributed by atoms with E-state index in [4.69, 9.17) is 0 Å². The highest BCUT2D eigenvalue weighted by Crippen LogP contribution is 2.31. The predicted octanol–water partition coefficient (Wildman–Crippen LogP) is 2.52. The van der Waals surface area contributed by atoms with Gasteiger partial charge < -0.3 is 10.4 Å². The number of amides is 1. The molecule has 0 bridgehead atoms. The smallest absolute Gasteiger partial charge is 0.261 e. The summed E-state index contributed by atoms with van der Waals surface area (Å²) in [6, 6.07) is 2.03. The fourth-order valence-electron chi connectivity index (χ4n) is 3.23. The molecule has 3 rings (SSSR count). The average molecular weight is 279 g/mol. The van der Waals surface area contributed by atoms with Crippen molar-refractivity contribution < 1.29 is 9.90 Å². The second kappa shape index (κ2) is 5.63. The third-order valence-corrected chi connectivity index (χ3v) is 5.62. The van der Waals surface area contributed by atoms with E-state index in [-0.39, 0.29) is 12.0 Å². The maximum absolute atomic E-state index is 12.1. The van der Waals surface area contributed by atoms with Gasteiger partial charge in [-0.25, -0.2) is 0 Å². The highest BCUT2D eigenvalue weighted by Gasteiger charge is 2.24. The second-order valence-corrected chi connectivity index (χ2v) is 6.87. The molecule has 4 heteroatoms. The fraction of sp³-hybridized carbons (Fsp3) is 0.667. The molecule has 3 nitrogen and oxygen atoms in total. The molecule has 19 heavy (non-hydrogen) atoms. The molecular weight excluding hydrogens is 258 g/mol. The number of aliphatic hydroxyl groups is 1. The molecule has 1 aromatic rings. The third-order valence-electron chi connectivity index (χ3n) is 4.39. The van der Waals surface area contributed by atoms with E-state index in [0.29, 0.717) is 12.5 Å². The predicted molar refractivity (Wildman–Crippen MR) is 76.6 cm³/mol. The van der Waals surface area contributed by atoms with Gasteiger partial charge in [-0.1, -0.05) is 12.8 Å². The van der Waals surface area contributed by atoms with Crippen LogP contribution in [0.3, 0.4) is 0 Å². The van der Waals surface area contributed by atoms with Gasteiger partial charge in [0, 0.05) is 11.4 Å². The van der Waals surface area contributed by atoms with Gasteiger partial charge in [-0.05, 0) is 49.7 Å². The largest absolute Gasteiger partial charge is 0.391 e.